The molecule has 25 N–H and O–H groups in total. The van der Waals surface area contributed by atoms with E-state index in [9.17, 15) is 137 Å². The summed E-state index contributed by atoms with van der Waals surface area (Å²) in [6.07, 6.45) is -80.0. The van der Waals surface area contributed by atoms with E-state index < -0.39 is 391 Å². The van der Waals surface area contributed by atoms with E-state index in [0.29, 0.717) is 24.8 Å². The third kappa shape index (κ3) is 19.4. The fourth-order valence-corrected chi connectivity index (χ4v) is 24.1. The van der Waals surface area contributed by atoms with Gasteiger partial charge in [0.2, 0.25) is 6.29 Å². The van der Waals surface area contributed by atoms with Gasteiger partial charge in [0.15, 0.2) is 62.5 Å². The maximum absolute atomic E-state index is 16.9. The zero-order valence-electron chi connectivity index (χ0n) is 77.1. The number of carbonyl (C=O) groups excluding carboxylic acids is 3. The molecule has 14 aliphatic rings. The molecule has 9 heterocycles. The third-order valence-corrected chi connectivity index (χ3v) is 32.7. The van der Waals surface area contributed by atoms with E-state index in [1.807, 2.05) is 26.8 Å². The summed E-state index contributed by atoms with van der Waals surface area (Å²) >= 11 is 0. The van der Waals surface area contributed by atoms with Gasteiger partial charge >= 0.3 is 11.9 Å². The van der Waals surface area contributed by atoms with Crippen molar-refractivity contribution in [1.82, 2.24) is 0 Å². The Labute approximate surface area is 777 Å². The van der Waals surface area contributed by atoms with Crippen molar-refractivity contribution in [3.8, 4) is 0 Å². The highest BCUT2D eigenvalue weighted by Gasteiger charge is 2.75. The highest BCUT2D eigenvalue weighted by Crippen LogP contribution is 2.76. The predicted molar refractivity (Wildman–Crippen MR) is 441 cm³/mol. The minimum Gasteiger partial charge on any atom is -0.457 e. The highest BCUT2D eigenvalue weighted by atomic mass is 16.8. The largest absolute Gasteiger partial charge is 0.457 e. The normalized spacial score (nSPS) is 53.3. The number of ether oxygens (including phenoxy) is 19. The fraction of sp³-hybridized carbons (Fsp3) is 0.943. The quantitative estimate of drug-likeness (QED) is 0.0150. The van der Waals surface area contributed by atoms with Crippen molar-refractivity contribution in [2.45, 2.75) is 416 Å². The van der Waals surface area contributed by atoms with E-state index in [4.69, 9.17) is 90.0 Å². The van der Waals surface area contributed by atoms with Crippen LogP contribution in [0.4, 0.5) is 0 Å². The van der Waals surface area contributed by atoms with Crippen molar-refractivity contribution < 1.29 is 232 Å². The predicted octanol–water partition coefficient (Wildman–Crippen LogP) is -9.44. The van der Waals surface area contributed by atoms with Crippen LogP contribution in [0.3, 0.4) is 0 Å². The van der Waals surface area contributed by atoms with Crippen LogP contribution in [0.15, 0.2) is 11.6 Å². The average molecular weight is 1950 g/mol. The lowest BCUT2D eigenvalue weighted by atomic mass is 9.33. The summed E-state index contributed by atoms with van der Waals surface area (Å²) in [6.45, 7) is 13.2. The number of fused-ring (bicyclic) bond motifs is 7. The van der Waals surface area contributed by atoms with E-state index in [1.54, 1.807) is 20.8 Å². The molecule has 0 unspecified atom stereocenters. The van der Waals surface area contributed by atoms with E-state index in [-0.39, 0.29) is 44.4 Å². The summed E-state index contributed by atoms with van der Waals surface area (Å²) in [7, 11) is 0. The molecule has 0 aromatic heterocycles. The van der Waals surface area contributed by atoms with Gasteiger partial charge in [0.1, 0.15) is 176 Å². The van der Waals surface area contributed by atoms with Crippen molar-refractivity contribution >= 4 is 18.2 Å². The number of rotatable bonds is 28. The van der Waals surface area contributed by atoms with Crippen molar-refractivity contribution in [3.63, 3.8) is 0 Å². The first kappa shape index (κ1) is 107. The SMILES string of the molecule is CC[C@H](C)[C@@H](O)CC(=O)O[C@@H]1[C@H](O[C@@H]2O[C@@H](C)[C@H](O)[C@@H](O)[C@H]2O)[C@@H](O[C@@H]2O[C@@H](C)[C@H](O[C@@H]3OC[C@@H](O)[C@H](O[C@@H]4OC[C@](O)(CO)[C@H]4O)[C@H]3O)[C@@H](O[C@@H]3O[C@H](CO)[C@@H](O)[C@H](O)[C@H]3O)[C@H]2O)[C@H](OC(=O)[C@]23[C@H](O)CC(C)(C)C[C@H]2C2=CC[C@@H]4[C@@]5(C)CC[C@H](O[C@@H]6O[C@H](CO)[C@@H](O)[C@H](O[C@@H]7OC[C@@H](O)[C@H](O)[C@H]7O)[C@H]6O[C@@H]6O[C@H](CO)[C@H](O)[C@H](O)[C@H]6O)[C@@](C)(C=O)[C@@H]5CC[C@@]4(C)[C@]2(C)C[C@H]3O)O[C@@H]1C. The van der Waals surface area contributed by atoms with Crippen molar-refractivity contribution in [1.29, 1.82) is 0 Å². The van der Waals surface area contributed by atoms with Crippen LogP contribution < -0.4 is 0 Å². The van der Waals surface area contributed by atoms with Crippen LogP contribution in [0.25, 0.3) is 0 Å². The summed E-state index contributed by atoms with van der Waals surface area (Å²) in [5.41, 5.74) is -9.12. The molecule has 0 radical (unpaired) electrons. The Balaban J connectivity index is 0.804. The van der Waals surface area contributed by atoms with Gasteiger partial charge in [-0.25, -0.2) is 0 Å². The maximum Gasteiger partial charge on any atom is 0.320 e. The Morgan fingerprint density at radius 2 is 0.948 bits per heavy atom. The van der Waals surface area contributed by atoms with Crippen LogP contribution in [0.5, 0.6) is 0 Å². The molecule has 14 rings (SSSR count). The van der Waals surface area contributed by atoms with Crippen LogP contribution >= 0.6 is 0 Å². The topological polar surface area (TPSA) is 732 Å². The van der Waals surface area contributed by atoms with Gasteiger partial charge in [-0.3, -0.25) is 9.59 Å². The Hall–Kier alpha value is -3.33. The number of aldehydes is 1. The molecule has 54 atom stereocenters. The van der Waals surface area contributed by atoms with Crippen molar-refractivity contribution in [2.75, 3.05) is 46.2 Å². The first-order valence-corrected chi connectivity index (χ1v) is 46.8. The molecule has 0 spiro atoms. The third-order valence-electron chi connectivity index (χ3n) is 32.7. The van der Waals surface area contributed by atoms with Crippen LogP contribution in [-0.2, 0) is 104 Å². The molecule has 5 aliphatic carbocycles. The number of carbonyl (C=O) groups is 3. The van der Waals surface area contributed by atoms with Crippen LogP contribution in [0.1, 0.15) is 140 Å². The monoisotopic (exact) mass is 1950 g/mol. The van der Waals surface area contributed by atoms with Crippen LogP contribution in [0.2, 0.25) is 0 Å². The summed E-state index contributed by atoms with van der Waals surface area (Å²) in [5, 5.41) is 284. The van der Waals surface area contributed by atoms with Gasteiger partial charge in [0, 0.05) is 5.92 Å². The molecule has 9 aliphatic heterocycles. The molecule has 47 heteroatoms. The number of aliphatic hydroxyl groups excluding tert-OH is 24. The lowest BCUT2D eigenvalue weighted by molar-refractivity contribution is -0.404. The number of aliphatic hydroxyl groups is 25. The molecule has 0 bridgehead atoms. The zero-order valence-corrected chi connectivity index (χ0v) is 77.1. The standard InChI is InChI=1S/C88H142O47/c1-12-31(2)37(94)19-48(99)127-64-34(5)122-78(70(68(64)132-74-58(109)54(105)49(100)32(3)120-74)134-77-62(113)67(131-75-59(110)55(106)51(102)40(23-89)123-75)63(33(4)121-77)128-73-61(112)65(39(96)27-118-73)129-80-71(114)87(116,29-93)30-119-80)135-81(115)88-36(20-82(6,7)21-45(88)97)35-13-14-44-83(8)17-16-47(84(9,28-92)43(83)15-18-85(44,10)86(35,11)22-46(88)98)126-79-69(133-76-60(111)56(107)52(103)41(24-90)124-76)66(53(104)42(25-91)125-79)130-72-57(108)50(101)38(95)26-117-72/h13,28,31-34,36-47,49-80,89-91,93-98,100-114,116H,12,14-27,29-30H2,1-11H3/t31-,32-,33-,34+,36-,37-,38+,39+,40+,41+,42+,43+,44+,45+,46+,47-,49-,50-,51+,52-,53+,54+,55-,56-,57+,58+,59+,60+,61+,62+,63-,64-,65-,66-,67-,68-,69+,70+,71-,72-,73-,74-,75-,76-,77-,78-,79-,80-,83-,84-,85+,86+,87+,88-/m0/s1. The Morgan fingerprint density at radius 1 is 0.467 bits per heavy atom. The molecule has 135 heavy (non-hydrogen) atoms. The smallest absolute Gasteiger partial charge is 0.320 e. The molecule has 0 aromatic rings. The van der Waals surface area contributed by atoms with Gasteiger partial charge in [-0.15, -0.1) is 0 Å². The number of esters is 2. The first-order valence-electron chi connectivity index (χ1n) is 46.8. The van der Waals surface area contributed by atoms with Crippen molar-refractivity contribution in [3.05, 3.63) is 11.6 Å². The molecular weight excluding hydrogens is 1810 g/mol. The van der Waals surface area contributed by atoms with E-state index in [1.165, 1.54) is 20.8 Å². The lowest BCUT2D eigenvalue weighted by Crippen LogP contribution is -2.71. The Morgan fingerprint density at radius 3 is 1.54 bits per heavy atom. The van der Waals surface area contributed by atoms with Gasteiger partial charge in [-0.05, 0) is 112 Å². The number of hydrogen-bond donors (Lipinski definition) is 25. The minimum absolute atomic E-state index is 0.0658. The van der Waals surface area contributed by atoms with E-state index in [0.717, 1.165) is 6.29 Å². The highest BCUT2D eigenvalue weighted by molar-refractivity contribution is 5.81. The molecule has 9 saturated heterocycles. The molecule has 776 valence electrons. The van der Waals surface area contributed by atoms with Gasteiger partial charge < -0.3 is 222 Å². The van der Waals surface area contributed by atoms with Gasteiger partial charge in [-0.1, -0.05) is 73.5 Å². The summed E-state index contributed by atoms with van der Waals surface area (Å²) in [4.78, 5) is 45.9. The summed E-state index contributed by atoms with van der Waals surface area (Å²) in [5.74, 6) is -5.02. The average Bonchev–Trinajstić information content (AvgIpc) is 0.744. The summed E-state index contributed by atoms with van der Waals surface area (Å²) < 4.78 is 118. The number of allylic oxidation sites excluding steroid dienone is 2. The molecule has 4 saturated carbocycles. The second-order valence-corrected chi connectivity index (χ2v) is 41.6. The van der Waals surface area contributed by atoms with Gasteiger partial charge in [-0.2, -0.15) is 0 Å². The first-order chi connectivity index (χ1) is 63.4. The second kappa shape index (κ2) is 41.7. The van der Waals surface area contributed by atoms with E-state index >= 15 is 4.79 Å². The maximum atomic E-state index is 16.9. The van der Waals surface area contributed by atoms with Crippen LogP contribution in [-0.4, -0.2) is 468 Å². The van der Waals surface area contributed by atoms with E-state index in [2.05, 4.69) is 13.8 Å². The molecule has 13 fully saturated rings. The fourth-order valence-electron chi connectivity index (χ4n) is 24.1. The van der Waals surface area contributed by atoms with Crippen molar-refractivity contribution in [2.24, 2.45) is 56.2 Å². The Kier molecular flexibility index (Phi) is 33.1. The Bertz CT molecular complexity index is 3990. The minimum atomic E-state index is -2.44. The lowest BCUT2D eigenvalue weighted by Gasteiger charge is -2.71. The van der Waals surface area contributed by atoms with Crippen LogP contribution in [0, 0.1) is 56.2 Å². The molecule has 0 aromatic carbocycles. The summed E-state index contributed by atoms with van der Waals surface area (Å²) in [6, 6.07) is 0. The molecule has 0 amide bonds. The molecular formula is C88H142O47. The molecule has 47 nitrogen and oxygen atoms in total. The van der Waals surface area contributed by atoms with Gasteiger partial charge in [0.25, 0.3) is 0 Å². The second-order valence-electron chi connectivity index (χ2n) is 41.6. The zero-order chi connectivity index (χ0) is 98.8. The number of hydrogen-bond acceptors (Lipinski definition) is 47. The van der Waals surface area contributed by atoms with Gasteiger partial charge in [0.05, 0.1) is 101 Å².